The number of hydrogen-bond acceptors (Lipinski definition) is 7. The van der Waals surface area contributed by atoms with E-state index in [4.69, 9.17) is 10.5 Å². The summed E-state index contributed by atoms with van der Waals surface area (Å²) >= 11 is 1.67. The molecule has 1 aromatic carbocycles. The monoisotopic (exact) mass is 382 g/mol. The van der Waals surface area contributed by atoms with Crippen molar-refractivity contribution in [1.82, 2.24) is 9.97 Å². The SMILES string of the molecule is COC(=O)C1(N)CC(CNc2nc(C)nc3sc(-c4ccccc4)cc23)C1. The van der Waals surface area contributed by atoms with E-state index in [1.807, 2.05) is 25.1 Å². The van der Waals surface area contributed by atoms with Crippen LogP contribution in [0.1, 0.15) is 18.7 Å². The van der Waals surface area contributed by atoms with Crippen LogP contribution < -0.4 is 11.1 Å². The minimum atomic E-state index is -0.832. The fourth-order valence-electron chi connectivity index (χ4n) is 3.63. The normalized spacial score (nSPS) is 21.7. The quantitative estimate of drug-likeness (QED) is 0.658. The van der Waals surface area contributed by atoms with E-state index in [9.17, 15) is 4.79 Å². The Kier molecular flexibility index (Phi) is 4.57. The van der Waals surface area contributed by atoms with Crippen LogP contribution in [0.2, 0.25) is 0 Å². The summed E-state index contributed by atoms with van der Waals surface area (Å²) in [6.45, 7) is 2.62. The number of esters is 1. The molecule has 3 aromatic rings. The van der Waals surface area contributed by atoms with Crippen LogP contribution in [0, 0.1) is 12.8 Å². The Morgan fingerprint density at radius 2 is 2.07 bits per heavy atom. The van der Waals surface area contributed by atoms with Gasteiger partial charge in [0.05, 0.1) is 12.5 Å². The largest absolute Gasteiger partial charge is 0.468 e. The van der Waals surface area contributed by atoms with E-state index < -0.39 is 5.54 Å². The van der Waals surface area contributed by atoms with Crippen molar-refractivity contribution in [2.45, 2.75) is 25.3 Å². The minimum absolute atomic E-state index is 0.326. The molecule has 1 fully saturated rings. The second kappa shape index (κ2) is 6.90. The van der Waals surface area contributed by atoms with Crippen molar-refractivity contribution < 1.29 is 9.53 Å². The van der Waals surface area contributed by atoms with Crippen molar-refractivity contribution in [1.29, 1.82) is 0 Å². The number of methoxy groups -OCH3 is 1. The number of nitrogens with two attached hydrogens (primary N) is 1. The lowest BCUT2D eigenvalue weighted by molar-refractivity contribution is -0.152. The molecule has 0 atom stereocenters. The van der Waals surface area contributed by atoms with E-state index in [0.29, 0.717) is 18.8 Å². The Labute approximate surface area is 161 Å². The van der Waals surface area contributed by atoms with Crippen LogP contribution in [0.4, 0.5) is 5.82 Å². The number of fused-ring (bicyclic) bond motifs is 1. The summed E-state index contributed by atoms with van der Waals surface area (Å²) in [6, 6.07) is 12.4. The predicted octanol–water partition coefficient (Wildman–Crippen LogP) is 3.36. The highest BCUT2D eigenvalue weighted by Gasteiger charge is 2.47. The molecule has 0 bridgehead atoms. The summed E-state index contributed by atoms with van der Waals surface area (Å²) in [7, 11) is 1.38. The van der Waals surface area contributed by atoms with Gasteiger partial charge in [0.1, 0.15) is 22.0 Å². The van der Waals surface area contributed by atoms with Crippen LogP contribution in [-0.4, -0.2) is 35.1 Å². The van der Waals surface area contributed by atoms with Gasteiger partial charge in [-0.15, -0.1) is 11.3 Å². The number of nitrogens with zero attached hydrogens (tertiary/aromatic N) is 2. The Morgan fingerprint density at radius 1 is 1.33 bits per heavy atom. The second-order valence-electron chi connectivity index (χ2n) is 7.12. The number of carbonyl (C=O) groups is 1. The smallest absolute Gasteiger partial charge is 0.325 e. The van der Waals surface area contributed by atoms with Crippen LogP contribution in [0.25, 0.3) is 20.7 Å². The number of aryl methyl sites for hydroxylation is 1. The van der Waals surface area contributed by atoms with Gasteiger partial charge in [0.2, 0.25) is 0 Å². The van der Waals surface area contributed by atoms with Gasteiger partial charge in [-0.25, -0.2) is 9.97 Å². The van der Waals surface area contributed by atoms with Crippen molar-refractivity contribution in [2.75, 3.05) is 19.0 Å². The highest BCUT2D eigenvalue weighted by molar-refractivity contribution is 7.21. The zero-order chi connectivity index (χ0) is 19.0. The summed E-state index contributed by atoms with van der Waals surface area (Å²) < 4.78 is 4.78. The molecular formula is C20H22N4O2S. The molecule has 0 saturated heterocycles. The van der Waals surface area contributed by atoms with Gasteiger partial charge in [-0.05, 0) is 37.3 Å². The molecule has 7 heteroatoms. The van der Waals surface area contributed by atoms with Crippen LogP contribution in [0.3, 0.4) is 0 Å². The van der Waals surface area contributed by atoms with Crippen LogP contribution in [0.5, 0.6) is 0 Å². The standard InChI is InChI=1S/C20H22N4O2S/c1-12-23-17(22-11-13-9-20(21,10-13)19(25)26-2)15-8-16(27-18(15)24-12)14-6-4-3-5-7-14/h3-8,13H,9-11,21H2,1-2H3,(H,22,23,24). The zero-order valence-electron chi connectivity index (χ0n) is 15.4. The van der Waals surface area contributed by atoms with Gasteiger partial charge in [-0.2, -0.15) is 0 Å². The lowest BCUT2D eigenvalue weighted by Crippen LogP contribution is -2.59. The fraction of sp³-hybridized carbons (Fsp3) is 0.350. The number of nitrogens with one attached hydrogen (secondary N) is 1. The minimum Gasteiger partial charge on any atom is -0.468 e. The van der Waals surface area contributed by atoms with Gasteiger partial charge in [-0.3, -0.25) is 4.79 Å². The summed E-state index contributed by atoms with van der Waals surface area (Å²) in [5, 5.41) is 4.46. The number of benzene rings is 1. The van der Waals surface area contributed by atoms with E-state index in [2.05, 4.69) is 33.5 Å². The predicted molar refractivity (Wildman–Crippen MR) is 108 cm³/mol. The molecule has 2 aromatic heterocycles. The van der Waals surface area contributed by atoms with Gasteiger partial charge >= 0.3 is 5.97 Å². The average Bonchev–Trinajstić information content (AvgIpc) is 3.08. The third-order valence-electron chi connectivity index (χ3n) is 5.02. The molecule has 27 heavy (non-hydrogen) atoms. The first-order chi connectivity index (χ1) is 13.0. The molecule has 0 spiro atoms. The number of ether oxygens (including phenoxy) is 1. The molecule has 0 aliphatic heterocycles. The van der Waals surface area contributed by atoms with Crippen molar-refractivity contribution in [3.05, 3.63) is 42.2 Å². The van der Waals surface area contributed by atoms with Crippen LogP contribution >= 0.6 is 11.3 Å². The summed E-state index contributed by atoms with van der Waals surface area (Å²) in [4.78, 5) is 23.0. The molecular weight excluding hydrogens is 360 g/mol. The Morgan fingerprint density at radius 3 is 2.78 bits per heavy atom. The van der Waals surface area contributed by atoms with Crippen molar-refractivity contribution in [2.24, 2.45) is 11.7 Å². The van der Waals surface area contributed by atoms with E-state index in [1.165, 1.54) is 17.6 Å². The number of rotatable bonds is 5. The number of thiophene rings is 1. The number of carbonyl (C=O) groups excluding carboxylic acids is 1. The molecule has 4 rings (SSSR count). The summed E-state index contributed by atoms with van der Waals surface area (Å²) in [6.07, 6.45) is 1.25. The number of aromatic nitrogens is 2. The molecule has 1 aliphatic rings. The summed E-state index contributed by atoms with van der Waals surface area (Å²) in [5.74, 6) is 1.57. The van der Waals surface area contributed by atoms with Gasteiger partial charge in [0.15, 0.2) is 0 Å². The maximum absolute atomic E-state index is 11.7. The molecule has 140 valence electrons. The van der Waals surface area contributed by atoms with Gasteiger partial charge in [0, 0.05) is 11.4 Å². The first-order valence-electron chi connectivity index (χ1n) is 8.93. The maximum Gasteiger partial charge on any atom is 0.325 e. The third kappa shape index (κ3) is 3.40. The molecule has 6 nitrogen and oxygen atoms in total. The zero-order valence-corrected chi connectivity index (χ0v) is 16.2. The highest BCUT2D eigenvalue weighted by atomic mass is 32.1. The van der Waals surface area contributed by atoms with E-state index >= 15 is 0 Å². The first-order valence-corrected chi connectivity index (χ1v) is 9.75. The lowest BCUT2D eigenvalue weighted by Gasteiger charge is -2.42. The van der Waals surface area contributed by atoms with E-state index in [0.717, 1.165) is 28.4 Å². The number of anilines is 1. The Bertz CT molecular complexity index is 980. The molecule has 0 radical (unpaired) electrons. The van der Waals surface area contributed by atoms with Gasteiger partial charge in [-0.1, -0.05) is 30.3 Å². The van der Waals surface area contributed by atoms with Crippen LogP contribution in [-0.2, 0) is 9.53 Å². The van der Waals surface area contributed by atoms with Crippen molar-refractivity contribution in [3.63, 3.8) is 0 Å². The molecule has 0 unspecified atom stereocenters. The number of hydrogen-bond donors (Lipinski definition) is 2. The van der Waals surface area contributed by atoms with Gasteiger partial charge in [0.25, 0.3) is 0 Å². The Hall–Kier alpha value is -2.51. The first kappa shape index (κ1) is 17.9. The van der Waals surface area contributed by atoms with Gasteiger partial charge < -0.3 is 15.8 Å². The molecule has 1 saturated carbocycles. The third-order valence-corrected chi connectivity index (χ3v) is 6.10. The maximum atomic E-state index is 11.7. The Balaban J connectivity index is 1.52. The molecule has 3 N–H and O–H groups in total. The van der Waals surface area contributed by atoms with Crippen molar-refractivity contribution in [3.8, 4) is 10.4 Å². The van der Waals surface area contributed by atoms with Crippen LogP contribution in [0.15, 0.2) is 36.4 Å². The summed E-state index contributed by atoms with van der Waals surface area (Å²) in [5.41, 5.74) is 6.41. The molecule has 2 heterocycles. The van der Waals surface area contributed by atoms with E-state index in [1.54, 1.807) is 11.3 Å². The highest BCUT2D eigenvalue weighted by Crippen LogP contribution is 2.38. The van der Waals surface area contributed by atoms with E-state index in [-0.39, 0.29) is 5.97 Å². The fourth-order valence-corrected chi connectivity index (χ4v) is 4.72. The molecule has 0 amide bonds. The molecule has 1 aliphatic carbocycles. The average molecular weight is 382 g/mol. The lowest BCUT2D eigenvalue weighted by atomic mass is 9.69. The second-order valence-corrected chi connectivity index (χ2v) is 8.15. The topological polar surface area (TPSA) is 90.1 Å². The van der Waals surface area contributed by atoms with Crippen molar-refractivity contribution >= 4 is 33.3 Å².